The van der Waals surface area contributed by atoms with Gasteiger partial charge in [-0.05, 0) is 0 Å². The van der Waals surface area contributed by atoms with Crippen LogP contribution in [0.1, 0.15) is 13.8 Å². The third-order valence-electron chi connectivity index (χ3n) is 0.974. The molecule has 0 aromatic carbocycles. The summed E-state index contributed by atoms with van der Waals surface area (Å²) in [5.74, 6) is 0. The Morgan fingerprint density at radius 2 is 2.12 bits per heavy atom. The molecule has 0 aliphatic rings. The second-order valence-corrected chi connectivity index (χ2v) is 9.67. The third kappa shape index (κ3) is 2.74. The Balaban J connectivity index is 4.55. The summed E-state index contributed by atoms with van der Waals surface area (Å²) in [6, 6.07) is 0. The Kier molecular flexibility index (Phi) is 3.08. The molecule has 3 heteroatoms. The predicted molar refractivity (Wildman–Crippen MR) is 33.5 cm³/mol. The summed E-state index contributed by atoms with van der Waals surface area (Å²) < 4.78 is 11.1. The first-order chi connectivity index (χ1) is 3.48. The molecule has 0 saturated heterocycles. The van der Waals surface area contributed by atoms with Gasteiger partial charge in [-0.3, -0.25) is 0 Å². The van der Waals surface area contributed by atoms with Crippen LogP contribution < -0.4 is 0 Å². The number of rotatable bonds is 1. The standard InChI is InChI=1S/C5H10OS.Os/c1-4-5(2)7(3)6;/h4H,1-3H3;/b5-4+;. The molecule has 0 radical (unpaired) electrons. The summed E-state index contributed by atoms with van der Waals surface area (Å²) in [7, 11) is -1.61. The van der Waals surface area contributed by atoms with Crippen LogP contribution in [0, 0.1) is 0 Å². The van der Waals surface area contributed by atoms with Crippen LogP contribution >= 0.6 is 0 Å². The van der Waals surface area contributed by atoms with Crippen molar-refractivity contribution in [3.63, 3.8) is 0 Å². The average molecular weight is 308 g/mol. The van der Waals surface area contributed by atoms with Crippen molar-refractivity contribution in [2.45, 2.75) is 13.8 Å². The van der Waals surface area contributed by atoms with Crippen molar-refractivity contribution < 1.29 is 21.0 Å². The molecule has 50 valence electrons. The van der Waals surface area contributed by atoms with Crippen molar-refractivity contribution in [3.05, 3.63) is 11.0 Å². The molecule has 1 nitrogen and oxygen atoms in total. The zero-order valence-corrected chi connectivity index (χ0v) is 8.60. The van der Waals surface area contributed by atoms with Crippen molar-refractivity contribution in [1.82, 2.24) is 0 Å². The molecule has 0 bridgehead atoms. The van der Waals surface area contributed by atoms with Gasteiger partial charge in [-0.15, -0.1) is 0 Å². The molecule has 0 rings (SSSR count). The molecule has 0 heterocycles. The Hall–Kier alpha value is 0.526. The van der Waals surface area contributed by atoms with Gasteiger partial charge in [0.15, 0.2) is 0 Å². The van der Waals surface area contributed by atoms with E-state index in [9.17, 15) is 4.21 Å². The van der Waals surface area contributed by atoms with Crippen molar-refractivity contribution in [3.8, 4) is 0 Å². The topological polar surface area (TPSA) is 17.1 Å². The second-order valence-electron chi connectivity index (χ2n) is 1.63. The Morgan fingerprint density at radius 3 is 2.12 bits per heavy atom. The number of hydrogen-bond acceptors (Lipinski definition) is 1. The van der Waals surface area contributed by atoms with E-state index in [1.54, 1.807) is 23.1 Å². The normalized spacial score (nSPS) is 20.2. The Bertz CT molecular complexity index is 188. The van der Waals surface area contributed by atoms with E-state index in [1.807, 2.05) is 19.9 Å². The van der Waals surface area contributed by atoms with E-state index < -0.39 is 7.36 Å². The zero-order valence-electron chi connectivity index (χ0n) is 5.25. The van der Waals surface area contributed by atoms with Crippen molar-refractivity contribution in [1.29, 1.82) is 0 Å². The van der Waals surface area contributed by atoms with Crippen LogP contribution in [0.25, 0.3) is 0 Å². The number of hydrogen-bond donors (Lipinski definition) is 0. The minimum atomic E-state index is -1.61. The van der Waals surface area contributed by atoms with Crippen molar-refractivity contribution in [2.75, 3.05) is 6.26 Å². The summed E-state index contributed by atoms with van der Waals surface area (Å²) in [6.07, 6.45) is 3.66. The van der Waals surface area contributed by atoms with Gasteiger partial charge in [0.1, 0.15) is 0 Å². The molecule has 0 aromatic heterocycles. The maximum absolute atomic E-state index is 11.1. The van der Waals surface area contributed by atoms with Gasteiger partial charge in [0.2, 0.25) is 0 Å². The summed E-state index contributed by atoms with van der Waals surface area (Å²) in [5.41, 5.74) is 0. The van der Waals surface area contributed by atoms with Crippen LogP contribution in [0.3, 0.4) is 0 Å². The molecule has 0 aliphatic carbocycles. The van der Waals surface area contributed by atoms with Gasteiger partial charge in [-0.1, -0.05) is 0 Å². The fourth-order valence-corrected chi connectivity index (χ4v) is 1.52. The van der Waals surface area contributed by atoms with Gasteiger partial charge < -0.3 is 0 Å². The van der Waals surface area contributed by atoms with Crippen LogP contribution in [0.4, 0.5) is 0 Å². The van der Waals surface area contributed by atoms with Gasteiger partial charge in [-0.2, -0.15) is 0 Å². The van der Waals surface area contributed by atoms with E-state index in [0.717, 1.165) is 4.91 Å². The molecule has 0 fully saturated rings. The Labute approximate surface area is 59.7 Å². The molecule has 0 N–H and O–H groups in total. The first-order valence-electron chi connectivity index (χ1n) is 2.29. The van der Waals surface area contributed by atoms with E-state index in [0.29, 0.717) is 0 Å². The van der Waals surface area contributed by atoms with Crippen LogP contribution in [0.15, 0.2) is 11.0 Å². The van der Waals surface area contributed by atoms with E-state index in [2.05, 4.69) is 0 Å². The minimum absolute atomic E-state index is 0.996. The molecule has 8 heavy (non-hydrogen) atoms. The van der Waals surface area contributed by atoms with Crippen LogP contribution in [-0.2, 0) is 24.2 Å². The van der Waals surface area contributed by atoms with Crippen LogP contribution in [-0.4, -0.2) is 10.5 Å². The van der Waals surface area contributed by atoms with Gasteiger partial charge in [0.05, 0.1) is 0 Å². The molecule has 1 atom stereocenters. The van der Waals surface area contributed by atoms with Gasteiger partial charge in [-0.25, -0.2) is 0 Å². The zero-order chi connectivity index (χ0) is 6.78. The third-order valence-corrected chi connectivity index (χ3v) is 4.80. The van der Waals surface area contributed by atoms with Crippen molar-refractivity contribution in [2.24, 2.45) is 0 Å². The van der Waals surface area contributed by atoms with E-state index >= 15 is 0 Å². The van der Waals surface area contributed by atoms with E-state index in [-0.39, 0.29) is 0 Å². The monoisotopic (exact) mass is 310 g/mol. The second kappa shape index (κ2) is 2.89. The average Bonchev–Trinajstić information content (AvgIpc) is 1.62. The first-order valence-corrected chi connectivity index (χ1v) is 7.25. The molecule has 0 aliphatic heterocycles. The van der Waals surface area contributed by atoms with Gasteiger partial charge >= 0.3 is 59.5 Å². The van der Waals surface area contributed by atoms with E-state index in [1.165, 1.54) is 0 Å². The van der Waals surface area contributed by atoms with Crippen molar-refractivity contribution >= 4 is 7.36 Å². The fraction of sp³-hybridized carbons (Fsp3) is 0.600. The molecule has 0 aromatic rings. The van der Waals surface area contributed by atoms with Crippen LogP contribution in [0.5, 0.6) is 0 Å². The quantitative estimate of drug-likeness (QED) is 0.713. The Morgan fingerprint density at radius 1 is 1.75 bits per heavy atom. The number of allylic oxidation sites excluding steroid dienone is 2. The summed E-state index contributed by atoms with van der Waals surface area (Å²) >= 11 is 1.56. The molecule has 0 saturated carbocycles. The fourth-order valence-electron chi connectivity index (χ4n) is 0.208. The summed E-state index contributed by atoms with van der Waals surface area (Å²) in [4.78, 5) is 0.996. The summed E-state index contributed by atoms with van der Waals surface area (Å²) in [6.45, 7) is 3.81. The predicted octanol–water partition coefficient (Wildman–Crippen LogP) is 1.29. The summed E-state index contributed by atoms with van der Waals surface area (Å²) in [5, 5.41) is 0. The molecule has 0 amide bonds. The maximum atomic E-state index is 11.1. The first kappa shape index (κ1) is 8.53. The van der Waals surface area contributed by atoms with E-state index in [4.69, 9.17) is 0 Å². The molecule has 0 spiro atoms. The molecule has 1 unspecified atom stereocenters. The van der Waals surface area contributed by atoms with Crippen LogP contribution in [0.2, 0.25) is 0 Å². The SMILES string of the molecule is C/C=C(\C)[S](C)(=O)=[Os]. The van der Waals surface area contributed by atoms with Gasteiger partial charge in [0, 0.05) is 0 Å². The molecular weight excluding hydrogens is 298 g/mol. The molecular formula is C5H10OOsS. The van der Waals surface area contributed by atoms with Gasteiger partial charge in [0.25, 0.3) is 0 Å².